The number of nitrogens with one attached hydrogen (secondary N) is 1. The maximum Gasteiger partial charge on any atom is 0.325 e. The van der Waals surface area contributed by atoms with Crippen LogP contribution in [0.2, 0.25) is 0 Å². The second kappa shape index (κ2) is 8.90. The Bertz CT molecular complexity index is 301. The highest BCUT2D eigenvalue weighted by atomic mass is 32.2. The summed E-state index contributed by atoms with van der Waals surface area (Å²) in [5.74, 6) is 0.909. The van der Waals surface area contributed by atoms with Crippen LogP contribution in [0.25, 0.3) is 0 Å². The number of ether oxygens (including phenoxy) is 2. The van der Waals surface area contributed by atoms with Gasteiger partial charge in [-0.05, 0) is 51.8 Å². The summed E-state index contributed by atoms with van der Waals surface area (Å²) in [4.78, 5) is 11.9. The highest BCUT2D eigenvalue weighted by Crippen LogP contribution is 2.27. The molecule has 5 heteroatoms. The molecular formula is C15H29NO3S. The van der Waals surface area contributed by atoms with E-state index >= 15 is 0 Å². The maximum atomic E-state index is 11.9. The maximum absolute atomic E-state index is 11.9. The quantitative estimate of drug-likeness (QED) is 0.524. The van der Waals surface area contributed by atoms with Crippen molar-refractivity contribution < 1.29 is 14.3 Å². The lowest BCUT2D eigenvalue weighted by atomic mass is 9.96. The molecule has 0 bridgehead atoms. The van der Waals surface area contributed by atoms with Crippen LogP contribution in [0.3, 0.4) is 0 Å². The Morgan fingerprint density at radius 3 is 2.85 bits per heavy atom. The topological polar surface area (TPSA) is 47.6 Å². The molecule has 0 spiro atoms. The molecule has 118 valence electrons. The zero-order valence-electron chi connectivity index (χ0n) is 13.2. The molecule has 1 aliphatic heterocycles. The number of methoxy groups -OCH3 is 1. The van der Waals surface area contributed by atoms with Gasteiger partial charge in [0.1, 0.15) is 5.54 Å². The van der Waals surface area contributed by atoms with Crippen molar-refractivity contribution in [3.05, 3.63) is 0 Å². The minimum Gasteiger partial charge on any atom is -0.468 e. The van der Waals surface area contributed by atoms with Gasteiger partial charge in [-0.3, -0.25) is 4.79 Å². The van der Waals surface area contributed by atoms with Crippen LogP contribution in [-0.2, 0) is 14.3 Å². The van der Waals surface area contributed by atoms with E-state index in [1.165, 1.54) is 7.11 Å². The number of carbonyl (C=O) groups is 1. The Kier molecular flexibility index (Phi) is 7.92. The molecule has 1 N–H and O–H groups in total. The van der Waals surface area contributed by atoms with E-state index in [1.54, 1.807) is 0 Å². The van der Waals surface area contributed by atoms with Gasteiger partial charge in [-0.25, -0.2) is 0 Å². The highest BCUT2D eigenvalue weighted by molar-refractivity contribution is 7.99. The lowest BCUT2D eigenvalue weighted by molar-refractivity contribution is -0.148. The molecule has 0 aromatic heterocycles. The van der Waals surface area contributed by atoms with Crippen LogP contribution < -0.4 is 5.32 Å². The van der Waals surface area contributed by atoms with E-state index in [4.69, 9.17) is 9.47 Å². The molecule has 3 unspecified atom stereocenters. The standard InChI is InChI=1S/C15H29NO3S/c1-5-9-16-15(3,14(17)18-4)8-6-11-20-13-7-10-19-12(13)2/h12-13,16H,5-11H2,1-4H3. The summed E-state index contributed by atoms with van der Waals surface area (Å²) in [5, 5.41) is 3.94. The van der Waals surface area contributed by atoms with Crippen LogP contribution in [0.4, 0.5) is 0 Å². The van der Waals surface area contributed by atoms with Crippen molar-refractivity contribution in [1.82, 2.24) is 5.32 Å². The average Bonchev–Trinajstić information content (AvgIpc) is 2.86. The molecule has 1 heterocycles. The molecule has 0 saturated carbocycles. The van der Waals surface area contributed by atoms with E-state index < -0.39 is 5.54 Å². The predicted molar refractivity (Wildman–Crippen MR) is 84.2 cm³/mol. The second-order valence-electron chi connectivity index (χ2n) is 5.63. The molecule has 20 heavy (non-hydrogen) atoms. The zero-order chi connectivity index (χ0) is 15.0. The van der Waals surface area contributed by atoms with Crippen molar-refractivity contribution in [2.75, 3.05) is 26.0 Å². The minimum atomic E-state index is -0.552. The Morgan fingerprint density at radius 2 is 2.30 bits per heavy atom. The van der Waals surface area contributed by atoms with Gasteiger partial charge < -0.3 is 14.8 Å². The van der Waals surface area contributed by atoms with Gasteiger partial charge >= 0.3 is 5.97 Å². The summed E-state index contributed by atoms with van der Waals surface area (Å²) < 4.78 is 10.5. The molecule has 0 aliphatic carbocycles. The van der Waals surface area contributed by atoms with Crippen LogP contribution in [-0.4, -0.2) is 48.9 Å². The van der Waals surface area contributed by atoms with Crippen LogP contribution in [0.5, 0.6) is 0 Å². The molecule has 0 aromatic carbocycles. The molecule has 4 nitrogen and oxygen atoms in total. The fraction of sp³-hybridized carbons (Fsp3) is 0.933. The first-order valence-electron chi connectivity index (χ1n) is 7.60. The van der Waals surface area contributed by atoms with Gasteiger partial charge in [0.05, 0.1) is 13.2 Å². The lowest BCUT2D eigenvalue weighted by Gasteiger charge is -2.28. The molecule has 1 rings (SSSR count). The summed E-state index contributed by atoms with van der Waals surface area (Å²) in [6.45, 7) is 7.91. The number of carbonyl (C=O) groups excluding carboxylic acids is 1. The van der Waals surface area contributed by atoms with Crippen LogP contribution >= 0.6 is 11.8 Å². The number of hydrogen-bond acceptors (Lipinski definition) is 5. The Hall–Kier alpha value is -0.260. The van der Waals surface area contributed by atoms with E-state index in [2.05, 4.69) is 19.2 Å². The summed E-state index contributed by atoms with van der Waals surface area (Å²) in [6, 6.07) is 0. The number of esters is 1. The van der Waals surface area contributed by atoms with Gasteiger partial charge in [0, 0.05) is 11.9 Å². The van der Waals surface area contributed by atoms with Gasteiger partial charge in [0.15, 0.2) is 0 Å². The molecular weight excluding hydrogens is 274 g/mol. The number of thioether (sulfide) groups is 1. The van der Waals surface area contributed by atoms with Crippen molar-refractivity contribution in [2.45, 2.75) is 63.3 Å². The third-order valence-electron chi connectivity index (χ3n) is 3.86. The normalized spacial score (nSPS) is 25.4. The largest absolute Gasteiger partial charge is 0.468 e. The molecule has 1 aliphatic rings. The SMILES string of the molecule is CCCNC(C)(CCCSC1CCOC1C)C(=O)OC. The van der Waals surface area contributed by atoms with E-state index in [-0.39, 0.29) is 5.97 Å². The molecule has 0 radical (unpaired) electrons. The van der Waals surface area contributed by atoms with Crippen molar-refractivity contribution in [1.29, 1.82) is 0 Å². The second-order valence-corrected chi connectivity index (χ2v) is 6.97. The Labute approximate surface area is 127 Å². The summed E-state index contributed by atoms with van der Waals surface area (Å²) >= 11 is 1.97. The molecule has 3 atom stereocenters. The third-order valence-corrected chi connectivity index (χ3v) is 5.43. The van der Waals surface area contributed by atoms with E-state index in [0.717, 1.165) is 44.6 Å². The van der Waals surface area contributed by atoms with E-state index in [1.807, 2.05) is 18.7 Å². The first-order valence-corrected chi connectivity index (χ1v) is 8.65. The summed E-state index contributed by atoms with van der Waals surface area (Å²) in [5.41, 5.74) is -0.552. The van der Waals surface area contributed by atoms with Crippen molar-refractivity contribution in [2.24, 2.45) is 0 Å². The predicted octanol–water partition coefficient (Wildman–Crippen LogP) is 2.61. The van der Waals surface area contributed by atoms with Crippen molar-refractivity contribution >= 4 is 17.7 Å². The lowest BCUT2D eigenvalue weighted by Crippen LogP contribution is -2.50. The first-order chi connectivity index (χ1) is 9.53. The molecule has 0 amide bonds. The Balaban J connectivity index is 2.32. The van der Waals surface area contributed by atoms with Gasteiger partial charge in [-0.15, -0.1) is 0 Å². The monoisotopic (exact) mass is 303 g/mol. The van der Waals surface area contributed by atoms with Gasteiger partial charge in [-0.1, -0.05) is 6.92 Å². The van der Waals surface area contributed by atoms with Crippen molar-refractivity contribution in [3.63, 3.8) is 0 Å². The van der Waals surface area contributed by atoms with Gasteiger partial charge in [0.2, 0.25) is 0 Å². The summed E-state index contributed by atoms with van der Waals surface area (Å²) in [7, 11) is 1.46. The molecule has 0 aromatic rings. The third kappa shape index (κ3) is 5.26. The average molecular weight is 303 g/mol. The first kappa shape index (κ1) is 17.8. The number of hydrogen-bond donors (Lipinski definition) is 1. The minimum absolute atomic E-state index is 0.159. The number of rotatable bonds is 9. The smallest absolute Gasteiger partial charge is 0.325 e. The highest BCUT2D eigenvalue weighted by Gasteiger charge is 2.33. The summed E-state index contributed by atoms with van der Waals surface area (Å²) in [6.07, 6.45) is 4.35. The Morgan fingerprint density at radius 1 is 1.55 bits per heavy atom. The van der Waals surface area contributed by atoms with E-state index in [9.17, 15) is 4.79 Å². The fourth-order valence-corrected chi connectivity index (χ4v) is 3.71. The van der Waals surface area contributed by atoms with Gasteiger partial charge in [-0.2, -0.15) is 11.8 Å². The molecule has 1 fully saturated rings. The van der Waals surface area contributed by atoms with Gasteiger partial charge in [0.25, 0.3) is 0 Å². The van der Waals surface area contributed by atoms with E-state index in [0.29, 0.717) is 11.4 Å². The molecule has 1 saturated heterocycles. The van der Waals surface area contributed by atoms with Crippen LogP contribution in [0.15, 0.2) is 0 Å². The van der Waals surface area contributed by atoms with Crippen molar-refractivity contribution in [3.8, 4) is 0 Å². The van der Waals surface area contributed by atoms with Crippen LogP contribution in [0, 0.1) is 0 Å². The zero-order valence-corrected chi connectivity index (χ0v) is 14.1. The fourth-order valence-electron chi connectivity index (χ4n) is 2.48. The van der Waals surface area contributed by atoms with Crippen LogP contribution in [0.1, 0.15) is 46.5 Å².